The maximum Gasteiger partial charge on any atom is 0.522 e. The minimum Gasteiger partial charge on any atom is -0.497 e. The zero-order chi connectivity index (χ0) is 13.7. The van der Waals surface area contributed by atoms with E-state index in [-0.39, 0.29) is 0 Å². The largest absolute Gasteiger partial charge is 0.522 e. The van der Waals surface area contributed by atoms with Crippen molar-refractivity contribution in [1.29, 1.82) is 0 Å². The fourth-order valence-corrected chi connectivity index (χ4v) is 0.604. The van der Waals surface area contributed by atoms with Crippen molar-refractivity contribution in [3.05, 3.63) is 24.3 Å². The molecule has 0 unspecified atom stereocenters. The van der Waals surface area contributed by atoms with Gasteiger partial charge in [0.05, 0.1) is 7.11 Å². The summed E-state index contributed by atoms with van der Waals surface area (Å²) in [5, 5.41) is 0. The van der Waals surface area contributed by atoms with E-state index in [0.717, 1.165) is 11.4 Å². The van der Waals surface area contributed by atoms with Gasteiger partial charge >= 0.3 is 15.6 Å². The van der Waals surface area contributed by atoms with Crippen molar-refractivity contribution in [3.8, 4) is 5.75 Å². The Kier molecular flexibility index (Phi) is 5.23. The summed E-state index contributed by atoms with van der Waals surface area (Å²) in [4.78, 5) is 0. The molecule has 0 aliphatic carbocycles. The van der Waals surface area contributed by atoms with Gasteiger partial charge in [-0.2, -0.15) is 21.6 Å². The molecule has 3 N–H and O–H groups in total. The molecule has 0 atom stereocenters. The lowest BCUT2D eigenvalue weighted by molar-refractivity contribution is -0.0510. The number of ether oxygens (including phenoxy) is 1. The Morgan fingerprint density at radius 3 is 1.82 bits per heavy atom. The predicted octanol–water partition coefficient (Wildman–Crippen LogP) is 1.67. The van der Waals surface area contributed by atoms with Gasteiger partial charge in [-0.25, -0.2) is 0 Å². The minimum absolute atomic E-state index is 0.760. The normalized spacial score (nSPS) is 11.4. The second-order valence-electron chi connectivity index (χ2n) is 2.69. The molecule has 0 aliphatic rings. The zero-order valence-electron chi connectivity index (χ0n) is 8.60. The first-order chi connectivity index (χ1) is 7.58. The van der Waals surface area contributed by atoms with Crippen LogP contribution in [0.4, 0.5) is 18.9 Å². The molecule has 0 aromatic heterocycles. The van der Waals surface area contributed by atoms with Crippen LogP contribution in [-0.4, -0.2) is 25.6 Å². The van der Waals surface area contributed by atoms with Crippen molar-refractivity contribution in [2.75, 3.05) is 12.8 Å². The summed E-state index contributed by atoms with van der Waals surface area (Å²) in [6.07, 6.45) is 0. The van der Waals surface area contributed by atoms with Crippen molar-refractivity contribution in [2.45, 2.75) is 5.51 Å². The van der Waals surface area contributed by atoms with Crippen LogP contribution in [0.25, 0.3) is 0 Å². The number of rotatable bonds is 1. The SMILES string of the molecule is COc1ccc(N)cc1.O=S(=O)(O)C(F)(F)F. The van der Waals surface area contributed by atoms with Crippen LogP contribution in [0, 0.1) is 0 Å². The second kappa shape index (κ2) is 5.73. The number of halogens is 3. The van der Waals surface area contributed by atoms with Gasteiger partial charge in [0.25, 0.3) is 0 Å². The molecule has 0 fully saturated rings. The number of anilines is 1. The Balaban J connectivity index is 0.000000304. The molecule has 17 heavy (non-hydrogen) atoms. The van der Waals surface area contributed by atoms with E-state index < -0.39 is 15.6 Å². The predicted molar refractivity (Wildman–Crippen MR) is 55.0 cm³/mol. The van der Waals surface area contributed by atoms with Gasteiger partial charge in [-0.15, -0.1) is 0 Å². The number of nitrogen functional groups attached to an aromatic ring is 1. The Labute approximate surface area is 95.7 Å². The van der Waals surface area contributed by atoms with Crippen LogP contribution in [0.15, 0.2) is 24.3 Å². The number of benzene rings is 1. The highest BCUT2D eigenvalue weighted by atomic mass is 32.2. The summed E-state index contributed by atoms with van der Waals surface area (Å²) in [6, 6.07) is 7.27. The van der Waals surface area contributed by atoms with Gasteiger partial charge in [0.1, 0.15) is 5.75 Å². The van der Waals surface area contributed by atoms with Crippen LogP contribution < -0.4 is 10.5 Å². The van der Waals surface area contributed by atoms with E-state index in [1.807, 2.05) is 12.1 Å². The van der Waals surface area contributed by atoms with Crippen molar-refractivity contribution < 1.29 is 30.9 Å². The third-order valence-electron chi connectivity index (χ3n) is 1.41. The van der Waals surface area contributed by atoms with Crippen LogP contribution in [0.2, 0.25) is 0 Å². The molecule has 0 bridgehead atoms. The third kappa shape index (κ3) is 5.97. The lowest BCUT2D eigenvalue weighted by Crippen LogP contribution is -2.21. The van der Waals surface area contributed by atoms with E-state index in [0.29, 0.717) is 0 Å². The van der Waals surface area contributed by atoms with Gasteiger partial charge in [-0.3, -0.25) is 4.55 Å². The molecular weight excluding hydrogens is 263 g/mol. The molecular formula is C8H10F3NO4S. The van der Waals surface area contributed by atoms with Crippen molar-refractivity contribution in [2.24, 2.45) is 0 Å². The molecule has 0 aliphatic heterocycles. The van der Waals surface area contributed by atoms with E-state index in [9.17, 15) is 13.2 Å². The van der Waals surface area contributed by atoms with E-state index >= 15 is 0 Å². The maximum absolute atomic E-state index is 10.7. The van der Waals surface area contributed by atoms with E-state index in [1.54, 1.807) is 19.2 Å². The topological polar surface area (TPSA) is 89.6 Å². The highest BCUT2D eigenvalue weighted by Crippen LogP contribution is 2.20. The number of alkyl halides is 3. The zero-order valence-corrected chi connectivity index (χ0v) is 9.42. The molecule has 9 heteroatoms. The Hall–Kier alpha value is -1.48. The summed E-state index contributed by atoms with van der Waals surface area (Å²) in [5.41, 5.74) is 0.651. The highest BCUT2D eigenvalue weighted by molar-refractivity contribution is 7.86. The van der Waals surface area contributed by atoms with Crippen molar-refractivity contribution >= 4 is 15.8 Å². The van der Waals surface area contributed by atoms with Gasteiger partial charge in [0, 0.05) is 5.69 Å². The Morgan fingerprint density at radius 2 is 1.59 bits per heavy atom. The van der Waals surface area contributed by atoms with Gasteiger partial charge in [-0.05, 0) is 24.3 Å². The summed E-state index contributed by atoms with van der Waals surface area (Å²) in [7, 11) is -4.21. The molecule has 0 heterocycles. The monoisotopic (exact) mass is 273 g/mol. The van der Waals surface area contributed by atoms with Crippen molar-refractivity contribution in [3.63, 3.8) is 0 Å². The average Bonchev–Trinajstić information content (AvgIpc) is 2.17. The molecule has 0 saturated carbocycles. The molecule has 5 nitrogen and oxygen atoms in total. The van der Waals surface area contributed by atoms with Crippen LogP contribution in [0.5, 0.6) is 5.75 Å². The maximum atomic E-state index is 10.7. The van der Waals surface area contributed by atoms with Gasteiger partial charge in [-0.1, -0.05) is 0 Å². The van der Waals surface area contributed by atoms with Gasteiger partial charge in [0.15, 0.2) is 0 Å². The lowest BCUT2D eigenvalue weighted by atomic mass is 10.3. The van der Waals surface area contributed by atoms with E-state index in [4.69, 9.17) is 23.4 Å². The van der Waals surface area contributed by atoms with Crippen LogP contribution in [0.3, 0.4) is 0 Å². The molecule has 0 saturated heterocycles. The fraction of sp³-hybridized carbons (Fsp3) is 0.250. The third-order valence-corrected chi connectivity index (χ3v) is 1.99. The smallest absolute Gasteiger partial charge is 0.497 e. The van der Waals surface area contributed by atoms with Gasteiger partial charge < -0.3 is 10.5 Å². The summed E-state index contributed by atoms with van der Waals surface area (Å²) >= 11 is 0. The van der Waals surface area contributed by atoms with Gasteiger partial charge in [0.2, 0.25) is 0 Å². The molecule has 1 aromatic rings. The number of hydrogen-bond acceptors (Lipinski definition) is 4. The molecule has 0 radical (unpaired) electrons. The van der Waals surface area contributed by atoms with E-state index in [1.165, 1.54) is 0 Å². The number of nitrogens with two attached hydrogens (primary N) is 1. The minimum atomic E-state index is -5.84. The van der Waals surface area contributed by atoms with Crippen LogP contribution in [0.1, 0.15) is 0 Å². The fourth-order valence-electron chi connectivity index (χ4n) is 0.604. The molecule has 0 amide bonds. The molecule has 98 valence electrons. The molecule has 1 rings (SSSR count). The first kappa shape index (κ1) is 15.5. The van der Waals surface area contributed by atoms with Crippen LogP contribution >= 0.6 is 0 Å². The number of hydrogen-bond donors (Lipinski definition) is 2. The first-order valence-electron chi connectivity index (χ1n) is 4.01. The quantitative estimate of drug-likeness (QED) is 0.461. The Bertz CT molecular complexity index is 441. The summed E-state index contributed by atoms with van der Waals surface area (Å²) < 4.78 is 62.5. The standard InChI is InChI=1S/C7H9NO.CHF3O3S/c1-9-7-4-2-6(8)3-5-7;2-1(3,4)8(5,6)7/h2-5H,8H2,1H3;(H,5,6,7). The lowest BCUT2D eigenvalue weighted by Gasteiger charge is -1.97. The average molecular weight is 273 g/mol. The second-order valence-corrected chi connectivity index (χ2v) is 4.11. The summed E-state index contributed by atoms with van der Waals surface area (Å²) in [5.74, 6) is 0.837. The van der Waals surface area contributed by atoms with Crippen LogP contribution in [-0.2, 0) is 10.1 Å². The highest BCUT2D eigenvalue weighted by Gasteiger charge is 2.44. The van der Waals surface area contributed by atoms with E-state index in [2.05, 4.69) is 0 Å². The molecule has 1 aromatic carbocycles. The first-order valence-corrected chi connectivity index (χ1v) is 5.45. The molecule has 0 spiro atoms. The van der Waals surface area contributed by atoms with Crippen molar-refractivity contribution in [1.82, 2.24) is 0 Å². The number of methoxy groups -OCH3 is 1. The summed E-state index contributed by atoms with van der Waals surface area (Å²) in [6.45, 7) is 0. The Morgan fingerprint density at radius 1 is 1.24 bits per heavy atom.